The molecule has 3 rings (SSSR count). The summed E-state index contributed by atoms with van der Waals surface area (Å²) in [5.74, 6) is 0.693. The van der Waals surface area contributed by atoms with Gasteiger partial charge < -0.3 is 9.64 Å². The zero-order valence-corrected chi connectivity index (χ0v) is 15.1. The third-order valence-corrected chi connectivity index (χ3v) is 6.37. The summed E-state index contributed by atoms with van der Waals surface area (Å²) in [6, 6.07) is 1.94. The first kappa shape index (κ1) is 17.5. The van der Waals surface area contributed by atoms with E-state index in [0.717, 1.165) is 24.4 Å². The average Bonchev–Trinajstić information content (AvgIpc) is 2.81. The fraction of sp³-hybridized carbons (Fsp3) is 0.733. The molecule has 24 heavy (non-hydrogen) atoms. The van der Waals surface area contributed by atoms with E-state index < -0.39 is 10.2 Å². The molecule has 134 valence electrons. The van der Waals surface area contributed by atoms with Crippen molar-refractivity contribution in [3.05, 3.63) is 17.5 Å². The van der Waals surface area contributed by atoms with Crippen LogP contribution in [0.25, 0.3) is 0 Å². The molecule has 1 aromatic rings. The van der Waals surface area contributed by atoms with Crippen LogP contribution >= 0.6 is 0 Å². The summed E-state index contributed by atoms with van der Waals surface area (Å²) >= 11 is 0. The lowest BCUT2D eigenvalue weighted by molar-refractivity contribution is 0.0703. The van der Waals surface area contributed by atoms with E-state index in [1.54, 1.807) is 4.31 Å². The smallest absolute Gasteiger partial charge is 0.282 e. The lowest BCUT2D eigenvalue weighted by Crippen LogP contribution is -2.49. The second-order valence-corrected chi connectivity index (χ2v) is 8.14. The fourth-order valence-corrected chi connectivity index (χ4v) is 4.72. The number of morpholine rings is 1. The first-order chi connectivity index (χ1) is 11.5. The summed E-state index contributed by atoms with van der Waals surface area (Å²) in [4.78, 5) is 11.1. The van der Waals surface area contributed by atoms with Gasteiger partial charge in [-0.3, -0.25) is 0 Å². The highest BCUT2D eigenvalue weighted by atomic mass is 32.2. The maximum Gasteiger partial charge on any atom is 0.282 e. The highest BCUT2D eigenvalue weighted by Crippen LogP contribution is 2.17. The molecule has 1 aromatic heterocycles. The molecule has 0 spiro atoms. The number of hydrogen-bond acceptors (Lipinski definition) is 6. The zero-order valence-electron chi connectivity index (χ0n) is 14.3. The summed E-state index contributed by atoms with van der Waals surface area (Å²) in [5, 5.41) is 0. The summed E-state index contributed by atoms with van der Waals surface area (Å²) in [6.45, 7) is 8.05. The molecule has 3 heterocycles. The van der Waals surface area contributed by atoms with Crippen LogP contribution in [0, 0.1) is 13.8 Å². The molecule has 0 bridgehead atoms. The highest BCUT2D eigenvalue weighted by molar-refractivity contribution is 7.86. The maximum absolute atomic E-state index is 12.8. The predicted molar refractivity (Wildman–Crippen MR) is 91.2 cm³/mol. The van der Waals surface area contributed by atoms with Crippen molar-refractivity contribution in [3.63, 3.8) is 0 Å². The SMILES string of the molecule is Cc1cc(C)nc(N2CCCN(S(=O)(=O)N3CCOCC3)CC2)n1. The number of aryl methyl sites for hydroxylation is 2. The Labute approximate surface area is 143 Å². The van der Waals surface area contributed by atoms with Gasteiger partial charge in [-0.15, -0.1) is 0 Å². The van der Waals surface area contributed by atoms with Crippen LogP contribution in [0.3, 0.4) is 0 Å². The van der Waals surface area contributed by atoms with Crippen molar-refractivity contribution in [2.45, 2.75) is 20.3 Å². The minimum atomic E-state index is -3.41. The second-order valence-electron chi connectivity index (χ2n) is 6.21. The number of ether oxygens (including phenoxy) is 1. The van der Waals surface area contributed by atoms with Gasteiger partial charge in [0.25, 0.3) is 10.2 Å². The molecule has 0 saturated carbocycles. The van der Waals surface area contributed by atoms with Gasteiger partial charge in [-0.25, -0.2) is 9.97 Å². The molecule has 2 aliphatic heterocycles. The molecule has 0 aromatic carbocycles. The quantitative estimate of drug-likeness (QED) is 0.770. The van der Waals surface area contributed by atoms with E-state index >= 15 is 0 Å². The molecule has 0 unspecified atom stereocenters. The first-order valence-corrected chi connectivity index (χ1v) is 9.77. The molecule has 8 nitrogen and oxygen atoms in total. The van der Waals surface area contributed by atoms with Crippen LogP contribution in [0.1, 0.15) is 17.8 Å². The largest absolute Gasteiger partial charge is 0.379 e. The topological polar surface area (TPSA) is 78.9 Å². The van der Waals surface area contributed by atoms with Crippen LogP contribution in [0.15, 0.2) is 6.07 Å². The molecule has 0 aliphatic carbocycles. The molecule has 9 heteroatoms. The summed E-state index contributed by atoms with van der Waals surface area (Å²) < 4.78 is 33.9. The van der Waals surface area contributed by atoms with Gasteiger partial charge in [0.05, 0.1) is 13.2 Å². The van der Waals surface area contributed by atoms with Crippen LogP contribution in [-0.4, -0.2) is 79.5 Å². The van der Waals surface area contributed by atoms with Crippen LogP contribution in [-0.2, 0) is 14.9 Å². The zero-order chi connectivity index (χ0) is 17.2. The van der Waals surface area contributed by atoms with E-state index in [0.29, 0.717) is 51.9 Å². The normalized spacial score (nSPS) is 21.7. The Balaban J connectivity index is 1.70. The minimum Gasteiger partial charge on any atom is -0.379 e. The Hall–Kier alpha value is -1.29. The van der Waals surface area contributed by atoms with E-state index in [4.69, 9.17) is 4.74 Å². The Morgan fingerprint density at radius 3 is 2.21 bits per heavy atom. The lowest BCUT2D eigenvalue weighted by Gasteiger charge is -2.31. The van der Waals surface area contributed by atoms with Gasteiger partial charge in [-0.1, -0.05) is 0 Å². The van der Waals surface area contributed by atoms with Gasteiger partial charge in [-0.2, -0.15) is 17.0 Å². The minimum absolute atomic E-state index is 0.433. The van der Waals surface area contributed by atoms with Crippen LogP contribution < -0.4 is 4.90 Å². The Bertz CT molecular complexity index is 655. The number of nitrogens with zero attached hydrogens (tertiary/aromatic N) is 5. The molecule has 0 amide bonds. The Kier molecular flexibility index (Phi) is 5.33. The molecule has 2 saturated heterocycles. The monoisotopic (exact) mass is 355 g/mol. The summed E-state index contributed by atoms with van der Waals surface area (Å²) in [5.41, 5.74) is 1.86. The highest BCUT2D eigenvalue weighted by Gasteiger charge is 2.32. The van der Waals surface area contributed by atoms with Crippen molar-refractivity contribution < 1.29 is 13.2 Å². The Morgan fingerprint density at radius 1 is 0.917 bits per heavy atom. The van der Waals surface area contributed by atoms with E-state index in [1.165, 1.54) is 4.31 Å². The van der Waals surface area contributed by atoms with E-state index in [9.17, 15) is 8.42 Å². The summed E-state index contributed by atoms with van der Waals surface area (Å²) in [6.07, 6.45) is 0.764. The molecular formula is C15H25N5O3S. The van der Waals surface area contributed by atoms with E-state index in [1.807, 2.05) is 19.9 Å². The molecule has 0 radical (unpaired) electrons. The van der Waals surface area contributed by atoms with Crippen molar-refractivity contribution in [2.75, 3.05) is 57.4 Å². The van der Waals surface area contributed by atoms with Crippen molar-refractivity contribution in [1.82, 2.24) is 18.6 Å². The van der Waals surface area contributed by atoms with Crippen molar-refractivity contribution in [1.29, 1.82) is 0 Å². The summed E-state index contributed by atoms with van der Waals surface area (Å²) in [7, 11) is -3.41. The number of rotatable bonds is 3. The predicted octanol–water partition coefficient (Wildman–Crippen LogP) is 0.183. The molecule has 0 N–H and O–H groups in total. The standard InChI is InChI=1S/C15H25N5O3S/c1-13-12-14(2)17-15(16-13)18-4-3-5-19(7-6-18)24(21,22)20-8-10-23-11-9-20/h12H,3-11H2,1-2H3. The van der Waals surface area contributed by atoms with Crippen LogP contribution in [0.5, 0.6) is 0 Å². The number of aromatic nitrogens is 2. The lowest BCUT2D eigenvalue weighted by atomic mass is 10.3. The molecule has 2 fully saturated rings. The van der Waals surface area contributed by atoms with Crippen molar-refractivity contribution in [2.24, 2.45) is 0 Å². The Morgan fingerprint density at radius 2 is 1.54 bits per heavy atom. The van der Waals surface area contributed by atoms with Gasteiger partial charge in [0.2, 0.25) is 5.95 Å². The van der Waals surface area contributed by atoms with E-state index in [2.05, 4.69) is 14.9 Å². The van der Waals surface area contributed by atoms with E-state index in [-0.39, 0.29) is 0 Å². The van der Waals surface area contributed by atoms with Gasteiger partial charge in [-0.05, 0) is 26.3 Å². The fourth-order valence-electron chi connectivity index (χ4n) is 3.11. The second kappa shape index (κ2) is 7.30. The number of hydrogen-bond donors (Lipinski definition) is 0. The van der Waals surface area contributed by atoms with Crippen LogP contribution in [0.2, 0.25) is 0 Å². The molecule has 0 atom stereocenters. The van der Waals surface area contributed by atoms with Gasteiger partial charge >= 0.3 is 0 Å². The van der Waals surface area contributed by atoms with Gasteiger partial charge in [0, 0.05) is 50.7 Å². The third-order valence-electron chi connectivity index (χ3n) is 4.33. The maximum atomic E-state index is 12.8. The molecule has 2 aliphatic rings. The first-order valence-electron chi connectivity index (χ1n) is 8.37. The van der Waals surface area contributed by atoms with Crippen molar-refractivity contribution >= 4 is 16.2 Å². The van der Waals surface area contributed by atoms with Gasteiger partial charge in [0.15, 0.2) is 0 Å². The van der Waals surface area contributed by atoms with Gasteiger partial charge in [0.1, 0.15) is 0 Å². The van der Waals surface area contributed by atoms with Crippen LogP contribution in [0.4, 0.5) is 5.95 Å². The molecular weight excluding hydrogens is 330 g/mol. The third kappa shape index (κ3) is 3.85. The number of anilines is 1. The average molecular weight is 355 g/mol. The van der Waals surface area contributed by atoms with Crippen molar-refractivity contribution in [3.8, 4) is 0 Å².